The van der Waals surface area contributed by atoms with Gasteiger partial charge in [-0.05, 0) is 36.8 Å². The maximum atomic E-state index is 13.0. The van der Waals surface area contributed by atoms with Crippen molar-refractivity contribution in [2.24, 2.45) is 0 Å². The molecule has 1 heterocycles. The number of aryl methyl sites for hydroxylation is 1. The highest BCUT2D eigenvalue weighted by atomic mass is 32.2. The minimum absolute atomic E-state index is 0.164. The largest absolute Gasteiger partial charge is 0.497 e. The van der Waals surface area contributed by atoms with Crippen molar-refractivity contribution in [3.63, 3.8) is 0 Å². The molecule has 0 saturated carbocycles. The monoisotopic (exact) mass is 349 g/mol. The minimum atomic E-state index is -3.51. The maximum Gasteiger partial charge on any atom is 0.244 e. The summed E-state index contributed by atoms with van der Waals surface area (Å²) in [5, 5.41) is -0.164. The first-order valence-electron chi connectivity index (χ1n) is 7.36. The molecule has 0 bridgehead atoms. The quantitative estimate of drug-likeness (QED) is 0.848. The molecule has 1 atom stereocenters. The Morgan fingerprint density at radius 1 is 1.09 bits per heavy atom. The van der Waals surface area contributed by atoms with Crippen LogP contribution in [0.25, 0.3) is 0 Å². The van der Waals surface area contributed by atoms with Crippen molar-refractivity contribution in [2.45, 2.75) is 17.2 Å². The molecule has 0 radical (unpaired) electrons. The average Bonchev–Trinajstić information content (AvgIpc) is 3.06. The van der Waals surface area contributed by atoms with E-state index in [4.69, 9.17) is 4.74 Å². The zero-order valence-electron chi connectivity index (χ0n) is 13.1. The third kappa shape index (κ3) is 3.24. The summed E-state index contributed by atoms with van der Waals surface area (Å²) in [6.07, 6.45) is 0. The number of nitrogens with zero attached hydrogens (tertiary/aromatic N) is 1. The Kier molecular flexibility index (Phi) is 4.66. The van der Waals surface area contributed by atoms with Crippen LogP contribution in [0.2, 0.25) is 0 Å². The van der Waals surface area contributed by atoms with Crippen molar-refractivity contribution < 1.29 is 13.2 Å². The van der Waals surface area contributed by atoms with Crippen LogP contribution < -0.4 is 4.74 Å². The summed E-state index contributed by atoms with van der Waals surface area (Å²) in [6.45, 7) is 2.55. The molecule has 0 spiro atoms. The summed E-state index contributed by atoms with van der Waals surface area (Å²) in [4.78, 5) is 0.304. The van der Waals surface area contributed by atoms with Gasteiger partial charge in [-0.15, -0.1) is 11.8 Å². The minimum Gasteiger partial charge on any atom is -0.497 e. The summed E-state index contributed by atoms with van der Waals surface area (Å²) in [5.74, 6) is 1.45. The van der Waals surface area contributed by atoms with Crippen LogP contribution in [0.15, 0.2) is 53.4 Å². The molecular formula is C17H19NO3S2. The molecule has 0 unspecified atom stereocenters. The average molecular weight is 349 g/mol. The van der Waals surface area contributed by atoms with Gasteiger partial charge in [0.05, 0.1) is 17.4 Å². The van der Waals surface area contributed by atoms with Gasteiger partial charge in [0, 0.05) is 12.3 Å². The number of benzene rings is 2. The lowest BCUT2D eigenvalue weighted by Crippen LogP contribution is -2.30. The van der Waals surface area contributed by atoms with E-state index in [9.17, 15) is 8.42 Å². The molecule has 1 saturated heterocycles. The first-order valence-corrected chi connectivity index (χ1v) is 9.85. The van der Waals surface area contributed by atoms with Gasteiger partial charge in [0.15, 0.2) is 0 Å². The third-order valence-electron chi connectivity index (χ3n) is 3.88. The fourth-order valence-electron chi connectivity index (χ4n) is 2.58. The van der Waals surface area contributed by atoms with Gasteiger partial charge >= 0.3 is 0 Å². The van der Waals surface area contributed by atoms with E-state index in [-0.39, 0.29) is 5.37 Å². The Hall–Kier alpha value is -1.50. The Morgan fingerprint density at radius 2 is 1.74 bits per heavy atom. The van der Waals surface area contributed by atoms with Crippen LogP contribution >= 0.6 is 11.8 Å². The number of rotatable bonds is 4. The van der Waals surface area contributed by atoms with Gasteiger partial charge in [-0.3, -0.25) is 0 Å². The van der Waals surface area contributed by atoms with Gasteiger partial charge in [0.1, 0.15) is 5.75 Å². The van der Waals surface area contributed by atoms with E-state index in [1.165, 1.54) is 5.56 Å². The van der Waals surface area contributed by atoms with Gasteiger partial charge in [0.25, 0.3) is 0 Å². The highest BCUT2D eigenvalue weighted by molar-refractivity contribution is 8.01. The van der Waals surface area contributed by atoms with Crippen LogP contribution in [0, 0.1) is 6.92 Å². The molecule has 0 N–H and O–H groups in total. The Balaban J connectivity index is 1.92. The SMILES string of the molecule is COc1ccc(S(=O)(=O)N2CCS[C@@H]2c2ccc(C)cc2)cc1. The molecule has 0 aliphatic carbocycles. The zero-order chi connectivity index (χ0) is 16.4. The standard InChI is InChI=1S/C17H19NO3S2/c1-13-3-5-14(6-4-13)17-18(11-12-22-17)23(19,20)16-9-7-15(21-2)8-10-16/h3-10,17H,11-12H2,1-2H3/t17-/m1/s1. The molecule has 1 aliphatic heterocycles. The van der Waals surface area contributed by atoms with Crippen molar-refractivity contribution in [2.75, 3.05) is 19.4 Å². The first kappa shape index (κ1) is 16.4. The number of ether oxygens (including phenoxy) is 1. The van der Waals surface area contributed by atoms with Gasteiger partial charge in [-0.2, -0.15) is 4.31 Å². The molecule has 1 fully saturated rings. The van der Waals surface area contributed by atoms with Crippen LogP contribution in [0.3, 0.4) is 0 Å². The summed E-state index contributed by atoms with van der Waals surface area (Å²) >= 11 is 1.66. The van der Waals surface area contributed by atoms with Crippen LogP contribution in [0.4, 0.5) is 0 Å². The third-order valence-corrected chi connectivity index (χ3v) is 7.15. The van der Waals surface area contributed by atoms with Crippen molar-refractivity contribution in [3.05, 3.63) is 59.7 Å². The molecular weight excluding hydrogens is 330 g/mol. The molecule has 3 rings (SSSR count). The number of thioether (sulfide) groups is 1. The second-order valence-corrected chi connectivity index (χ2v) is 8.50. The Bertz CT molecular complexity index is 770. The van der Waals surface area contributed by atoms with E-state index < -0.39 is 10.0 Å². The number of sulfonamides is 1. The maximum absolute atomic E-state index is 13.0. The van der Waals surface area contributed by atoms with Gasteiger partial charge in [-0.1, -0.05) is 29.8 Å². The lowest BCUT2D eigenvalue weighted by Gasteiger charge is -2.23. The first-order chi connectivity index (χ1) is 11.0. The fraction of sp³-hybridized carbons (Fsp3) is 0.294. The molecule has 0 amide bonds. The molecule has 122 valence electrons. The summed E-state index contributed by atoms with van der Waals surface area (Å²) in [6, 6.07) is 14.6. The highest BCUT2D eigenvalue weighted by Gasteiger charge is 2.36. The molecule has 0 aromatic heterocycles. The lowest BCUT2D eigenvalue weighted by molar-refractivity contribution is 0.414. The molecule has 1 aliphatic rings. The summed E-state index contributed by atoms with van der Waals surface area (Å²) in [7, 11) is -1.95. The topological polar surface area (TPSA) is 46.6 Å². The van der Waals surface area contributed by atoms with Crippen LogP contribution in [-0.4, -0.2) is 32.1 Å². The molecule has 6 heteroatoms. The van der Waals surface area contributed by atoms with E-state index in [0.717, 1.165) is 11.3 Å². The second kappa shape index (κ2) is 6.55. The molecule has 2 aromatic carbocycles. The van der Waals surface area contributed by atoms with E-state index in [1.54, 1.807) is 47.4 Å². The smallest absolute Gasteiger partial charge is 0.244 e. The van der Waals surface area contributed by atoms with Crippen molar-refractivity contribution in [1.29, 1.82) is 0 Å². The fourth-order valence-corrected chi connectivity index (χ4v) is 5.82. The lowest BCUT2D eigenvalue weighted by atomic mass is 10.1. The summed E-state index contributed by atoms with van der Waals surface area (Å²) in [5.41, 5.74) is 2.19. The molecule has 23 heavy (non-hydrogen) atoms. The van der Waals surface area contributed by atoms with Crippen LogP contribution in [0.5, 0.6) is 5.75 Å². The van der Waals surface area contributed by atoms with E-state index in [0.29, 0.717) is 17.2 Å². The second-order valence-electron chi connectivity index (χ2n) is 5.43. The number of hydrogen-bond acceptors (Lipinski definition) is 4. The van der Waals surface area contributed by atoms with Crippen LogP contribution in [-0.2, 0) is 10.0 Å². The zero-order valence-corrected chi connectivity index (χ0v) is 14.7. The normalized spacial score (nSPS) is 19.0. The number of methoxy groups -OCH3 is 1. The van der Waals surface area contributed by atoms with Crippen molar-refractivity contribution in [1.82, 2.24) is 4.31 Å². The highest BCUT2D eigenvalue weighted by Crippen LogP contribution is 2.41. The molecule has 4 nitrogen and oxygen atoms in total. The van der Waals surface area contributed by atoms with E-state index in [2.05, 4.69) is 0 Å². The Labute approximate surface area is 141 Å². The predicted molar refractivity (Wildman–Crippen MR) is 93.3 cm³/mol. The van der Waals surface area contributed by atoms with E-state index >= 15 is 0 Å². The van der Waals surface area contributed by atoms with Gasteiger partial charge < -0.3 is 4.74 Å². The van der Waals surface area contributed by atoms with Crippen molar-refractivity contribution in [3.8, 4) is 5.75 Å². The molecule has 2 aromatic rings. The van der Waals surface area contributed by atoms with Gasteiger partial charge in [0.2, 0.25) is 10.0 Å². The van der Waals surface area contributed by atoms with Crippen LogP contribution in [0.1, 0.15) is 16.5 Å². The number of hydrogen-bond donors (Lipinski definition) is 0. The Morgan fingerprint density at radius 3 is 2.35 bits per heavy atom. The van der Waals surface area contributed by atoms with Gasteiger partial charge in [-0.25, -0.2) is 8.42 Å². The predicted octanol–water partition coefficient (Wildman–Crippen LogP) is 3.44. The van der Waals surface area contributed by atoms with E-state index in [1.807, 2.05) is 31.2 Å². The summed E-state index contributed by atoms with van der Waals surface area (Å²) < 4.78 is 32.6. The van der Waals surface area contributed by atoms with Crippen molar-refractivity contribution >= 4 is 21.8 Å².